The van der Waals surface area contributed by atoms with Crippen LogP contribution in [0.2, 0.25) is 0 Å². The summed E-state index contributed by atoms with van der Waals surface area (Å²) in [6.45, 7) is 3.61. The molecule has 0 aliphatic heterocycles. The molecule has 5 nitrogen and oxygen atoms in total. The summed E-state index contributed by atoms with van der Waals surface area (Å²) in [7, 11) is 0. The van der Waals surface area contributed by atoms with Gasteiger partial charge in [0.1, 0.15) is 0 Å². The first-order valence-corrected chi connectivity index (χ1v) is 9.75. The molecule has 0 spiro atoms. The van der Waals surface area contributed by atoms with Crippen LogP contribution in [0.1, 0.15) is 35.7 Å². The highest BCUT2D eigenvalue weighted by molar-refractivity contribution is 8.00. The minimum atomic E-state index is -0.431. The number of ketones is 1. The molecule has 2 aromatic carbocycles. The fourth-order valence-electron chi connectivity index (χ4n) is 2.32. The normalized spacial score (nSPS) is 10.3. The number of thioether (sulfide) groups is 1. The molecule has 2 aromatic rings. The molecular formula is C21H23NO4S. The van der Waals surface area contributed by atoms with Gasteiger partial charge in [0.05, 0.1) is 5.75 Å². The average Bonchev–Trinajstić information content (AvgIpc) is 2.66. The average molecular weight is 385 g/mol. The fourth-order valence-corrected chi connectivity index (χ4v) is 3.14. The second-order valence-corrected chi connectivity index (χ2v) is 7.03. The number of amides is 1. The third-order valence-corrected chi connectivity index (χ3v) is 4.92. The molecule has 0 heterocycles. The van der Waals surface area contributed by atoms with Gasteiger partial charge in [0, 0.05) is 22.6 Å². The van der Waals surface area contributed by atoms with Crippen LogP contribution in [0.4, 0.5) is 5.69 Å². The molecule has 27 heavy (non-hydrogen) atoms. The van der Waals surface area contributed by atoms with Crippen molar-refractivity contribution in [2.24, 2.45) is 0 Å². The first kappa shape index (κ1) is 20.7. The molecule has 1 amide bonds. The third kappa shape index (κ3) is 6.90. The highest BCUT2D eigenvalue weighted by Gasteiger charge is 2.11. The van der Waals surface area contributed by atoms with Crippen molar-refractivity contribution in [2.45, 2.75) is 31.6 Å². The quantitative estimate of drug-likeness (QED) is 0.397. The maximum atomic E-state index is 12.1. The predicted molar refractivity (Wildman–Crippen MR) is 107 cm³/mol. The van der Waals surface area contributed by atoms with Gasteiger partial charge in [0.2, 0.25) is 5.91 Å². The van der Waals surface area contributed by atoms with Gasteiger partial charge in [-0.25, -0.2) is 0 Å². The molecule has 0 saturated heterocycles. The van der Waals surface area contributed by atoms with Crippen molar-refractivity contribution in [1.29, 1.82) is 0 Å². The topological polar surface area (TPSA) is 72.5 Å². The fraction of sp³-hybridized carbons (Fsp3) is 0.286. The van der Waals surface area contributed by atoms with Gasteiger partial charge >= 0.3 is 5.97 Å². The summed E-state index contributed by atoms with van der Waals surface area (Å²) in [4.78, 5) is 36.6. The van der Waals surface area contributed by atoms with E-state index in [4.69, 9.17) is 4.74 Å². The monoisotopic (exact) mass is 385 g/mol. The van der Waals surface area contributed by atoms with Crippen molar-refractivity contribution in [3.8, 4) is 0 Å². The molecular weight excluding hydrogens is 362 g/mol. The molecule has 2 rings (SSSR count). The van der Waals surface area contributed by atoms with Gasteiger partial charge < -0.3 is 10.1 Å². The van der Waals surface area contributed by atoms with E-state index in [0.29, 0.717) is 17.7 Å². The van der Waals surface area contributed by atoms with E-state index in [1.165, 1.54) is 11.8 Å². The van der Waals surface area contributed by atoms with Crippen molar-refractivity contribution < 1.29 is 19.1 Å². The molecule has 0 radical (unpaired) electrons. The van der Waals surface area contributed by atoms with Gasteiger partial charge in [0.15, 0.2) is 12.4 Å². The summed E-state index contributed by atoms with van der Waals surface area (Å²) in [6, 6.07) is 14.3. The summed E-state index contributed by atoms with van der Waals surface area (Å²) < 4.78 is 5.07. The Labute approximate surface area is 163 Å². The van der Waals surface area contributed by atoms with E-state index in [1.807, 2.05) is 38.1 Å². The van der Waals surface area contributed by atoms with Gasteiger partial charge in [-0.15, -0.1) is 11.8 Å². The lowest BCUT2D eigenvalue weighted by Gasteiger charge is -2.07. The maximum absolute atomic E-state index is 12.1. The van der Waals surface area contributed by atoms with E-state index in [-0.39, 0.29) is 24.1 Å². The number of rotatable bonds is 9. The number of hydrogen-bond donors (Lipinski definition) is 1. The first-order valence-electron chi connectivity index (χ1n) is 8.76. The van der Waals surface area contributed by atoms with Crippen molar-refractivity contribution in [1.82, 2.24) is 0 Å². The summed E-state index contributed by atoms with van der Waals surface area (Å²) >= 11 is 1.39. The van der Waals surface area contributed by atoms with E-state index in [1.54, 1.807) is 24.3 Å². The van der Waals surface area contributed by atoms with E-state index in [9.17, 15) is 14.4 Å². The minimum absolute atomic E-state index is 0.0586. The molecule has 0 aliphatic rings. The van der Waals surface area contributed by atoms with E-state index < -0.39 is 5.97 Å². The standard InChI is InChI=1S/C21H23NO4S/c1-3-6-20(24)22-17-11-9-16(10-12-17)18(23)13-26-21(25)14-27-19-8-5-4-7-15(19)2/h4-5,7-12H,3,6,13-14H2,1-2H3,(H,22,24). The molecule has 0 aliphatic carbocycles. The van der Waals surface area contributed by atoms with Gasteiger partial charge in [-0.1, -0.05) is 25.1 Å². The highest BCUT2D eigenvalue weighted by atomic mass is 32.2. The second-order valence-electron chi connectivity index (χ2n) is 6.01. The lowest BCUT2D eigenvalue weighted by atomic mass is 10.1. The van der Waals surface area contributed by atoms with Gasteiger partial charge in [0.25, 0.3) is 0 Å². The number of esters is 1. The Bertz CT molecular complexity index is 802. The van der Waals surface area contributed by atoms with Crippen LogP contribution in [0.5, 0.6) is 0 Å². The third-order valence-electron chi connectivity index (χ3n) is 3.77. The van der Waals surface area contributed by atoms with E-state index >= 15 is 0 Å². The Morgan fingerprint density at radius 1 is 1.04 bits per heavy atom. The number of Topliss-reactive ketones (excluding diaryl/α,β-unsaturated/α-hetero) is 1. The van der Waals surface area contributed by atoms with Crippen molar-refractivity contribution in [3.63, 3.8) is 0 Å². The van der Waals surface area contributed by atoms with Crippen LogP contribution in [0.25, 0.3) is 0 Å². The number of anilines is 1. The number of aryl methyl sites for hydroxylation is 1. The number of carbonyl (C=O) groups excluding carboxylic acids is 3. The lowest BCUT2D eigenvalue weighted by molar-refractivity contribution is -0.139. The van der Waals surface area contributed by atoms with Crippen LogP contribution >= 0.6 is 11.8 Å². The number of hydrogen-bond acceptors (Lipinski definition) is 5. The molecule has 0 unspecified atom stereocenters. The lowest BCUT2D eigenvalue weighted by Crippen LogP contribution is -2.16. The summed E-state index contributed by atoms with van der Waals surface area (Å²) in [5.74, 6) is -0.618. The van der Waals surface area contributed by atoms with Crippen LogP contribution in [0.3, 0.4) is 0 Å². The Kier molecular flexibility index (Phi) is 8.07. The molecule has 6 heteroatoms. The number of nitrogens with one attached hydrogen (secondary N) is 1. The van der Waals surface area contributed by atoms with E-state index in [2.05, 4.69) is 5.32 Å². The maximum Gasteiger partial charge on any atom is 0.316 e. The molecule has 0 fully saturated rings. The highest BCUT2D eigenvalue weighted by Crippen LogP contribution is 2.21. The zero-order chi connectivity index (χ0) is 19.6. The molecule has 142 valence electrons. The second kappa shape index (κ2) is 10.5. The van der Waals surface area contributed by atoms with Crippen LogP contribution < -0.4 is 5.32 Å². The van der Waals surface area contributed by atoms with Crippen molar-refractivity contribution in [3.05, 3.63) is 59.7 Å². The molecule has 0 saturated carbocycles. The molecule has 0 bridgehead atoms. The number of ether oxygens (including phenoxy) is 1. The Balaban J connectivity index is 1.78. The molecule has 1 N–H and O–H groups in total. The zero-order valence-corrected chi connectivity index (χ0v) is 16.3. The van der Waals surface area contributed by atoms with Crippen molar-refractivity contribution >= 4 is 35.1 Å². The Morgan fingerprint density at radius 3 is 2.41 bits per heavy atom. The van der Waals surface area contributed by atoms with Gasteiger partial charge in [-0.3, -0.25) is 14.4 Å². The van der Waals surface area contributed by atoms with Crippen LogP contribution in [-0.2, 0) is 14.3 Å². The summed E-state index contributed by atoms with van der Waals surface area (Å²) in [5.41, 5.74) is 2.16. The first-order chi connectivity index (χ1) is 13.0. The minimum Gasteiger partial charge on any atom is -0.457 e. The molecule has 0 atom stereocenters. The summed E-state index contributed by atoms with van der Waals surface area (Å²) in [6.07, 6.45) is 1.23. The SMILES string of the molecule is CCCC(=O)Nc1ccc(C(=O)COC(=O)CSc2ccccc2C)cc1. The Morgan fingerprint density at radius 2 is 1.74 bits per heavy atom. The zero-order valence-electron chi connectivity index (χ0n) is 15.5. The Hall–Kier alpha value is -2.60. The number of benzene rings is 2. The van der Waals surface area contributed by atoms with Crippen LogP contribution in [0.15, 0.2) is 53.4 Å². The van der Waals surface area contributed by atoms with E-state index in [0.717, 1.165) is 16.9 Å². The smallest absolute Gasteiger partial charge is 0.316 e. The van der Waals surface area contributed by atoms with Gasteiger partial charge in [-0.05, 0) is 49.2 Å². The molecule has 0 aromatic heterocycles. The predicted octanol–water partition coefficient (Wildman–Crippen LogP) is 4.25. The summed E-state index contributed by atoms with van der Waals surface area (Å²) in [5, 5.41) is 2.76. The van der Waals surface area contributed by atoms with Crippen LogP contribution in [-0.4, -0.2) is 30.0 Å². The number of carbonyl (C=O) groups is 3. The largest absolute Gasteiger partial charge is 0.457 e. The van der Waals surface area contributed by atoms with Crippen LogP contribution in [0, 0.1) is 6.92 Å². The van der Waals surface area contributed by atoms with Gasteiger partial charge in [-0.2, -0.15) is 0 Å². The van der Waals surface area contributed by atoms with Crippen molar-refractivity contribution in [2.75, 3.05) is 17.7 Å².